The van der Waals surface area contributed by atoms with Crippen LogP contribution >= 0.6 is 23.5 Å². The number of benzene rings is 1. The fraction of sp³-hybridized carbons (Fsp3) is 0.294. The minimum Gasteiger partial charge on any atom is -0.483 e. The van der Waals surface area contributed by atoms with Gasteiger partial charge in [-0.2, -0.15) is 13.2 Å². The summed E-state index contributed by atoms with van der Waals surface area (Å²) >= 11 is 2.87. The number of nitrogens with zero attached hydrogens (tertiary/aromatic N) is 2. The van der Waals surface area contributed by atoms with Crippen LogP contribution in [0.1, 0.15) is 12.6 Å². The Morgan fingerprint density at radius 1 is 1.15 bits per heavy atom. The lowest BCUT2D eigenvalue weighted by Crippen LogP contribution is -2.19. The van der Waals surface area contributed by atoms with Crippen LogP contribution in [0.5, 0.6) is 5.75 Å². The number of hydrogen-bond acceptors (Lipinski definition) is 5. The van der Waals surface area contributed by atoms with E-state index in [-0.39, 0.29) is 5.75 Å². The molecule has 0 radical (unpaired) electrons. The number of thioether (sulfide) groups is 2. The molecule has 0 unspecified atom stereocenters. The first kappa shape index (κ1) is 18.9. The number of imidazole rings is 1. The second kappa shape index (κ2) is 8.22. The largest absolute Gasteiger partial charge is 0.483 e. The molecule has 4 nitrogen and oxygen atoms in total. The first-order valence-corrected chi connectivity index (χ1v) is 9.81. The normalized spacial score (nSPS) is 11.8. The molecule has 2 heterocycles. The summed E-state index contributed by atoms with van der Waals surface area (Å²) in [6.07, 6.45) is -2.90. The molecule has 1 N–H and O–H groups in total. The zero-order valence-corrected chi connectivity index (χ0v) is 15.5. The summed E-state index contributed by atoms with van der Waals surface area (Å²) in [5.41, 5.74) is 2.49. The molecule has 0 aliphatic heterocycles. The predicted molar refractivity (Wildman–Crippen MR) is 97.8 cm³/mol. The van der Waals surface area contributed by atoms with E-state index in [1.165, 1.54) is 35.8 Å². The van der Waals surface area contributed by atoms with Crippen LogP contribution in [0.25, 0.3) is 11.0 Å². The molecule has 0 aliphatic rings. The van der Waals surface area contributed by atoms with E-state index in [2.05, 4.69) is 15.0 Å². The number of H-pyrrole nitrogens is 1. The Balaban J connectivity index is 1.77. The molecule has 3 rings (SSSR count). The topological polar surface area (TPSA) is 50.8 Å². The van der Waals surface area contributed by atoms with Gasteiger partial charge in [0.05, 0.1) is 21.6 Å². The van der Waals surface area contributed by atoms with E-state index in [1.54, 1.807) is 0 Å². The maximum atomic E-state index is 12.5. The number of aromatic nitrogens is 3. The fourth-order valence-electron chi connectivity index (χ4n) is 2.28. The number of nitrogens with one attached hydrogen (secondary N) is 1. The average Bonchev–Trinajstić information content (AvgIpc) is 3.02. The summed E-state index contributed by atoms with van der Waals surface area (Å²) in [4.78, 5) is 12.7. The molecule has 0 amide bonds. The molecule has 138 valence electrons. The molecule has 1 aromatic carbocycles. The zero-order valence-electron chi connectivity index (χ0n) is 13.8. The van der Waals surface area contributed by atoms with Crippen LogP contribution in [0.3, 0.4) is 0 Å². The lowest BCUT2D eigenvalue weighted by Gasteiger charge is -2.14. The highest BCUT2D eigenvalue weighted by Gasteiger charge is 2.29. The number of fused-ring (bicyclic) bond motifs is 1. The minimum atomic E-state index is -4.37. The highest BCUT2D eigenvalue weighted by molar-refractivity contribution is 7.99. The van der Waals surface area contributed by atoms with E-state index >= 15 is 0 Å². The Hall–Kier alpha value is -1.87. The van der Waals surface area contributed by atoms with Gasteiger partial charge in [-0.3, -0.25) is 4.98 Å². The highest BCUT2D eigenvalue weighted by Crippen LogP contribution is 2.35. The molecular weight excluding hydrogens is 383 g/mol. The van der Waals surface area contributed by atoms with Gasteiger partial charge in [-0.25, -0.2) is 4.98 Å². The molecule has 0 saturated heterocycles. The van der Waals surface area contributed by atoms with Gasteiger partial charge in [0, 0.05) is 11.9 Å². The van der Waals surface area contributed by atoms with Crippen LogP contribution < -0.4 is 4.74 Å². The van der Waals surface area contributed by atoms with Crippen molar-refractivity contribution < 1.29 is 17.9 Å². The van der Waals surface area contributed by atoms with E-state index in [4.69, 9.17) is 4.74 Å². The van der Waals surface area contributed by atoms with Crippen molar-refractivity contribution in [2.45, 2.75) is 28.9 Å². The van der Waals surface area contributed by atoms with Gasteiger partial charge in [-0.1, -0.05) is 30.8 Å². The summed E-state index contributed by atoms with van der Waals surface area (Å²) in [5.74, 6) is 1.39. The van der Waals surface area contributed by atoms with Crippen molar-refractivity contribution in [3.8, 4) is 5.75 Å². The van der Waals surface area contributed by atoms with Crippen LogP contribution in [0.15, 0.2) is 46.6 Å². The zero-order chi connectivity index (χ0) is 18.6. The molecule has 0 spiro atoms. The van der Waals surface area contributed by atoms with Gasteiger partial charge in [0.1, 0.15) is 5.75 Å². The third-order valence-corrected chi connectivity index (χ3v) is 5.23. The highest BCUT2D eigenvalue weighted by atomic mass is 32.2. The van der Waals surface area contributed by atoms with Gasteiger partial charge in [-0.15, -0.1) is 11.8 Å². The van der Waals surface area contributed by atoms with Gasteiger partial charge < -0.3 is 9.72 Å². The van der Waals surface area contributed by atoms with Gasteiger partial charge in [-0.05, 0) is 24.0 Å². The number of para-hydroxylation sites is 2. The Kier molecular flexibility index (Phi) is 5.98. The molecule has 2 aromatic heterocycles. The number of ether oxygens (including phenoxy) is 1. The van der Waals surface area contributed by atoms with E-state index in [0.29, 0.717) is 22.1 Å². The van der Waals surface area contributed by atoms with Crippen molar-refractivity contribution in [2.24, 2.45) is 0 Å². The quantitative estimate of drug-likeness (QED) is 0.546. The number of alkyl halides is 3. The smallest absolute Gasteiger partial charge is 0.422 e. The van der Waals surface area contributed by atoms with Crippen LogP contribution in [-0.2, 0) is 5.75 Å². The van der Waals surface area contributed by atoms with E-state index in [9.17, 15) is 13.2 Å². The molecule has 0 bridgehead atoms. The van der Waals surface area contributed by atoms with Crippen molar-refractivity contribution in [2.75, 3.05) is 12.4 Å². The van der Waals surface area contributed by atoms with Crippen LogP contribution in [0.4, 0.5) is 13.2 Å². The average molecular weight is 399 g/mol. The molecule has 3 aromatic rings. The van der Waals surface area contributed by atoms with Crippen molar-refractivity contribution in [1.82, 2.24) is 15.0 Å². The second-order valence-corrected chi connectivity index (χ2v) is 7.51. The third kappa shape index (κ3) is 4.85. The Bertz CT molecular complexity index is 850. The lowest BCUT2D eigenvalue weighted by molar-refractivity contribution is -0.153. The molecule has 0 fully saturated rings. The Labute approximate surface area is 156 Å². The monoisotopic (exact) mass is 399 g/mol. The molecule has 0 atom stereocenters. The number of pyridine rings is 1. The standard InChI is InChI=1S/C17H16F3N3OS2/c1-2-25-15-13(21-8-7-14(15)24-10-17(18,19)20)9-26-16-22-11-5-3-4-6-12(11)23-16/h3-8H,2,9-10H2,1H3,(H,22,23). The minimum absolute atomic E-state index is 0.212. The van der Waals surface area contributed by atoms with Crippen LogP contribution in [0.2, 0.25) is 0 Å². The molecule has 0 saturated carbocycles. The summed E-state index contributed by atoms with van der Waals surface area (Å²) < 4.78 is 42.4. The van der Waals surface area contributed by atoms with E-state index in [0.717, 1.165) is 16.2 Å². The SMILES string of the molecule is CCSc1c(OCC(F)(F)F)ccnc1CSc1nc2ccccc2[nH]1. The number of halogens is 3. The van der Waals surface area contributed by atoms with Gasteiger partial charge in [0.25, 0.3) is 0 Å². The lowest BCUT2D eigenvalue weighted by atomic mass is 10.3. The van der Waals surface area contributed by atoms with E-state index in [1.807, 2.05) is 31.2 Å². The number of aromatic amines is 1. The first-order chi connectivity index (χ1) is 12.5. The van der Waals surface area contributed by atoms with Gasteiger partial charge in [0.2, 0.25) is 0 Å². The molecule has 26 heavy (non-hydrogen) atoms. The summed E-state index contributed by atoms with van der Waals surface area (Å²) in [5, 5.41) is 0.738. The van der Waals surface area contributed by atoms with Crippen molar-refractivity contribution in [3.63, 3.8) is 0 Å². The maximum absolute atomic E-state index is 12.5. The second-order valence-electron chi connectivity index (χ2n) is 5.27. The molecular formula is C17H16F3N3OS2. The third-order valence-electron chi connectivity index (χ3n) is 3.34. The van der Waals surface area contributed by atoms with Crippen molar-refractivity contribution >= 4 is 34.6 Å². The molecule has 9 heteroatoms. The number of rotatable bonds is 7. The van der Waals surface area contributed by atoms with Crippen LogP contribution in [-0.4, -0.2) is 33.5 Å². The number of hydrogen-bond donors (Lipinski definition) is 1. The van der Waals surface area contributed by atoms with Gasteiger partial charge >= 0.3 is 6.18 Å². The van der Waals surface area contributed by atoms with E-state index < -0.39 is 12.8 Å². The Morgan fingerprint density at radius 2 is 1.96 bits per heavy atom. The maximum Gasteiger partial charge on any atom is 0.422 e. The van der Waals surface area contributed by atoms with Crippen LogP contribution in [0, 0.1) is 0 Å². The predicted octanol–water partition coefficient (Wildman–Crippen LogP) is 5.30. The van der Waals surface area contributed by atoms with Crippen molar-refractivity contribution in [1.29, 1.82) is 0 Å². The first-order valence-electron chi connectivity index (χ1n) is 7.84. The summed E-state index contributed by atoms with van der Waals surface area (Å²) in [6.45, 7) is 0.617. The fourth-order valence-corrected chi connectivity index (χ4v) is 4.06. The van der Waals surface area contributed by atoms with Crippen molar-refractivity contribution in [3.05, 3.63) is 42.2 Å². The summed E-state index contributed by atoms with van der Waals surface area (Å²) in [6, 6.07) is 9.16. The van der Waals surface area contributed by atoms with Gasteiger partial charge in [0.15, 0.2) is 11.8 Å². The molecule has 0 aliphatic carbocycles. The summed E-state index contributed by atoms with van der Waals surface area (Å²) in [7, 11) is 0. The Morgan fingerprint density at radius 3 is 2.69 bits per heavy atom.